The van der Waals surface area contributed by atoms with Crippen LogP contribution in [0.4, 0.5) is 10.5 Å². The largest absolute Gasteiger partial charge is 0.497 e. The summed E-state index contributed by atoms with van der Waals surface area (Å²) in [5.41, 5.74) is 1.92. The molecule has 0 spiro atoms. The van der Waals surface area contributed by atoms with E-state index < -0.39 is 17.7 Å². The highest BCUT2D eigenvalue weighted by Gasteiger charge is 2.32. The molecule has 0 fully saturated rings. The van der Waals surface area contributed by atoms with Gasteiger partial charge in [-0.05, 0) is 56.2 Å². The van der Waals surface area contributed by atoms with Gasteiger partial charge in [-0.2, -0.15) is 0 Å². The van der Waals surface area contributed by atoms with Gasteiger partial charge in [0.1, 0.15) is 17.4 Å². The Kier molecular flexibility index (Phi) is 7.86. The second-order valence-electron chi connectivity index (χ2n) is 8.36. The maximum atomic E-state index is 13.5. The summed E-state index contributed by atoms with van der Waals surface area (Å²) in [7, 11) is 4.88. The second-order valence-corrected chi connectivity index (χ2v) is 8.36. The van der Waals surface area contributed by atoms with E-state index in [1.807, 2.05) is 24.3 Å². The van der Waals surface area contributed by atoms with Gasteiger partial charge in [-0.25, -0.2) is 4.79 Å². The van der Waals surface area contributed by atoms with Crippen molar-refractivity contribution in [3.8, 4) is 5.75 Å². The van der Waals surface area contributed by atoms with E-state index in [1.165, 1.54) is 4.90 Å². The number of amides is 2. The van der Waals surface area contributed by atoms with Crippen molar-refractivity contribution in [2.45, 2.75) is 38.8 Å². The lowest BCUT2D eigenvalue weighted by molar-refractivity contribution is -0.123. The maximum Gasteiger partial charge on any atom is 0.410 e. The van der Waals surface area contributed by atoms with Crippen molar-refractivity contribution in [2.24, 2.45) is 0 Å². The normalized spacial score (nSPS) is 11.9. The fourth-order valence-corrected chi connectivity index (χ4v) is 3.08. The van der Waals surface area contributed by atoms with Gasteiger partial charge in [0.15, 0.2) is 0 Å². The summed E-state index contributed by atoms with van der Waals surface area (Å²) in [6.07, 6.45) is 1.55. The highest BCUT2D eigenvalue weighted by Crippen LogP contribution is 2.22. The summed E-state index contributed by atoms with van der Waals surface area (Å²) in [6.45, 7) is 9.20. The average Bonchev–Trinajstić information content (AvgIpc) is 2.75. The van der Waals surface area contributed by atoms with Crippen LogP contribution in [0.3, 0.4) is 0 Å². The number of hydrogen-bond donors (Lipinski definition) is 0. The summed E-state index contributed by atoms with van der Waals surface area (Å²) in [5.74, 6) is 0.482. The Morgan fingerprint density at radius 2 is 1.74 bits per heavy atom. The Bertz CT molecular complexity index is 916. The Labute approximate surface area is 185 Å². The maximum absolute atomic E-state index is 13.5. The molecule has 1 atom stereocenters. The fourth-order valence-electron chi connectivity index (χ4n) is 3.08. The van der Waals surface area contributed by atoms with Crippen molar-refractivity contribution in [1.82, 2.24) is 4.90 Å². The first-order valence-corrected chi connectivity index (χ1v) is 10.1. The topological polar surface area (TPSA) is 59.1 Å². The van der Waals surface area contributed by atoms with Crippen molar-refractivity contribution in [3.05, 3.63) is 66.2 Å². The molecule has 2 rings (SSSR count). The van der Waals surface area contributed by atoms with Crippen LogP contribution in [0.5, 0.6) is 5.75 Å². The Balaban J connectivity index is 2.35. The molecule has 0 heterocycles. The molecule has 0 saturated carbocycles. The molecule has 2 aromatic carbocycles. The zero-order valence-corrected chi connectivity index (χ0v) is 19.2. The second kappa shape index (κ2) is 10.2. The molecule has 0 saturated heterocycles. The number of benzene rings is 2. The van der Waals surface area contributed by atoms with Crippen molar-refractivity contribution >= 4 is 23.8 Å². The van der Waals surface area contributed by atoms with Crippen LogP contribution >= 0.6 is 0 Å². The van der Waals surface area contributed by atoms with E-state index in [1.54, 1.807) is 77.2 Å². The highest BCUT2D eigenvalue weighted by molar-refractivity contribution is 5.98. The fraction of sp³-hybridized carbons (Fsp3) is 0.360. The summed E-state index contributed by atoms with van der Waals surface area (Å²) < 4.78 is 10.7. The van der Waals surface area contributed by atoms with E-state index in [4.69, 9.17) is 9.47 Å². The Morgan fingerprint density at radius 1 is 1.10 bits per heavy atom. The number of rotatable bonds is 7. The molecule has 0 aliphatic heterocycles. The number of likely N-dealkylation sites (N-methyl/N-ethyl adjacent to an activating group) is 2. The van der Waals surface area contributed by atoms with Crippen LogP contribution in [-0.2, 0) is 16.0 Å². The quantitative estimate of drug-likeness (QED) is 0.642. The van der Waals surface area contributed by atoms with E-state index >= 15 is 0 Å². The molecule has 0 N–H and O–H groups in total. The molecule has 0 radical (unpaired) electrons. The summed E-state index contributed by atoms with van der Waals surface area (Å²) in [5, 5.41) is 0. The lowest BCUT2D eigenvalue weighted by atomic mass is 10.0. The molecule has 0 aromatic heterocycles. The van der Waals surface area contributed by atoms with Gasteiger partial charge in [-0.3, -0.25) is 9.69 Å². The van der Waals surface area contributed by atoms with Crippen LogP contribution in [0.25, 0.3) is 6.08 Å². The van der Waals surface area contributed by atoms with Crippen molar-refractivity contribution in [3.63, 3.8) is 0 Å². The molecule has 0 aliphatic rings. The van der Waals surface area contributed by atoms with Crippen LogP contribution in [0.1, 0.15) is 31.9 Å². The highest BCUT2D eigenvalue weighted by atomic mass is 16.6. The van der Waals surface area contributed by atoms with Gasteiger partial charge in [0, 0.05) is 26.2 Å². The number of anilines is 1. The van der Waals surface area contributed by atoms with Gasteiger partial charge in [0.25, 0.3) is 0 Å². The molecule has 2 aromatic rings. The molecular weight excluding hydrogens is 392 g/mol. The molecule has 166 valence electrons. The van der Waals surface area contributed by atoms with Crippen LogP contribution in [0, 0.1) is 0 Å². The lowest BCUT2D eigenvalue weighted by Crippen LogP contribution is -2.50. The number of methoxy groups -OCH3 is 1. The smallest absolute Gasteiger partial charge is 0.410 e. The van der Waals surface area contributed by atoms with Crippen molar-refractivity contribution in [1.29, 1.82) is 0 Å². The molecular formula is C25H32N2O4. The standard InChI is InChI=1S/C25H32N2O4/c1-8-18-10-9-11-19(16-18)17-22(27(6)24(29)31-25(2,3)4)23(28)26(5)20-12-14-21(30-7)15-13-20/h8-16,22H,1,17H2,2-7H3/t22-/m0/s1. The number of ether oxygens (including phenoxy) is 2. The number of carbonyl (C=O) groups excluding carboxylic acids is 2. The van der Waals surface area contributed by atoms with Gasteiger partial charge >= 0.3 is 6.09 Å². The van der Waals surface area contributed by atoms with E-state index in [0.717, 1.165) is 11.1 Å². The summed E-state index contributed by atoms with van der Waals surface area (Å²) in [4.78, 5) is 29.2. The third-order valence-electron chi connectivity index (χ3n) is 4.84. The molecule has 0 bridgehead atoms. The van der Waals surface area contributed by atoms with E-state index in [0.29, 0.717) is 17.9 Å². The van der Waals surface area contributed by atoms with Gasteiger partial charge in [-0.1, -0.05) is 36.9 Å². The minimum atomic E-state index is -0.748. The predicted octanol–water partition coefficient (Wildman–Crippen LogP) is 4.78. The molecule has 6 nitrogen and oxygen atoms in total. The molecule has 6 heteroatoms. The third kappa shape index (κ3) is 6.60. The number of nitrogens with zero attached hydrogens (tertiary/aromatic N) is 2. The first-order valence-electron chi connectivity index (χ1n) is 10.1. The van der Waals surface area contributed by atoms with Crippen LogP contribution in [0.15, 0.2) is 55.1 Å². The summed E-state index contributed by atoms with van der Waals surface area (Å²) >= 11 is 0. The zero-order valence-electron chi connectivity index (χ0n) is 19.2. The minimum Gasteiger partial charge on any atom is -0.497 e. The molecule has 2 amide bonds. The lowest BCUT2D eigenvalue weighted by Gasteiger charge is -2.32. The van der Waals surface area contributed by atoms with Gasteiger partial charge in [0.2, 0.25) is 5.91 Å². The first kappa shape index (κ1) is 24.0. The monoisotopic (exact) mass is 424 g/mol. The number of carbonyl (C=O) groups is 2. The predicted molar refractivity (Wildman–Crippen MR) is 124 cm³/mol. The Morgan fingerprint density at radius 3 is 2.29 bits per heavy atom. The van der Waals surface area contributed by atoms with Crippen LogP contribution < -0.4 is 9.64 Å². The van der Waals surface area contributed by atoms with Gasteiger partial charge < -0.3 is 14.4 Å². The van der Waals surface area contributed by atoms with Crippen LogP contribution in [-0.4, -0.2) is 49.7 Å². The minimum absolute atomic E-state index is 0.220. The Hall–Kier alpha value is -3.28. The van der Waals surface area contributed by atoms with Crippen LogP contribution in [0.2, 0.25) is 0 Å². The molecule has 31 heavy (non-hydrogen) atoms. The number of hydrogen-bond acceptors (Lipinski definition) is 4. The van der Waals surface area contributed by atoms with Crippen molar-refractivity contribution in [2.75, 3.05) is 26.1 Å². The summed E-state index contributed by atoms with van der Waals surface area (Å²) in [6, 6.07) is 14.2. The van der Waals surface area contributed by atoms with E-state index in [2.05, 4.69) is 6.58 Å². The van der Waals surface area contributed by atoms with E-state index in [9.17, 15) is 9.59 Å². The van der Waals surface area contributed by atoms with Gasteiger partial charge in [0.05, 0.1) is 7.11 Å². The third-order valence-corrected chi connectivity index (χ3v) is 4.84. The first-order chi connectivity index (χ1) is 14.6. The van der Waals surface area contributed by atoms with Crippen molar-refractivity contribution < 1.29 is 19.1 Å². The molecule has 0 unspecified atom stereocenters. The SMILES string of the molecule is C=Cc1cccc(C[C@@H](C(=O)N(C)c2ccc(OC)cc2)N(C)C(=O)OC(C)(C)C)c1. The zero-order chi connectivity index (χ0) is 23.2. The molecule has 0 aliphatic carbocycles. The average molecular weight is 425 g/mol. The van der Waals surface area contributed by atoms with E-state index in [-0.39, 0.29) is 5.91 Å². The van der Waals surface area contributed by atoms with Gasteiger partial charge in [-0.15, -0.1) is 0 Å².